The third-order valence-electron chi connectivity index (χ3n) is 5.63. The lowest BCUT2D eigenvalue weighted by atomic mass is 10.1. The van der Waals surface area contributed by atoms with Crippen LogP contribution < -0.4 is 20.3 Å². The van der Waals surface area contributed by atoms with Crippen LogP contribution in [0.25, 0.3) is 22.1 Å². The highest BCUT2D eigenvalue weighted by Gasteiger charge is 2.25. The highest BCUT2D eigenvalue weighted by atomic mass is 16.5. The zero-order valence-electron chi connectivity index (χ0n) is 18.9. The molecule has 2 atom stereocenters. The predicted molar refractivity (Wildman–Crippen MR) is 125 cm³/mol. The number of anilines is 2. The van der Waals surface area contributed by atoms with E-state index in [0.717, 1.165) is 18.8 Å². The summed E-state index contributed by atoms with van der Waals surface area (Å²) in [5.41, 5.74) is 3.60. The first kappa shape index (κ1) is 21.1. The molecule has 0 aliphatic carbocycles. The van der Waals surface area contributed by atoms with Gasteiger partial charge in [0.1, 0.15) is 16.9 Å². The Morgan fingerprint density at radius 2 is 1.85 bits per heavy atom. The minimum atomic E-state index is -0.348. The molecule has 0 unspecified atom stereocenters. The molecule has 5 rings (SSSR count). The average Bonchev–Trinajstić information content (AvgIpc) is 3.17. The van der Waals surface area contributed by atoms with Crippen molar-refractivity contribution in [3.8, 4) is 5.88 Å². The van der Waals surface area contributed by atoms with Gasteiger partial charge in [-0.25, -0.2) is 4.98 Å². The first-order valence-electron chi connectivity index (χ1n) is 10.8. The molecule has 4 aromatic rings. The Balaban J connectivity index is 1.50. The number of carbonyl (C=O) groups is 1. The van der Waals surface area contributed by atoms with Crippen LogP contribution in [-0.2, 0) is 0 Å². The molecular weight excluding hydrogens is 422 g/mol. The van der Waals surface area contributed by atoms with Gasteiger partial charge < -0.3 is 24.7 Å². The maximum absolute atomic E-state index is 13.2. The Hall–Kier alpha value is -3.79. The van der Waals surface area contributed by atoms with Gasteiger partial charge in [-0.05, 0) is 26.0 Å². The van der Waals surface area contributed by atoms with E-state index in [9.17, 15) is 4.79 Å². The number of carbonyl (C=O) groups excluding carboxylic acids is 1. The maximum atomic E-state index is 13.2. The topological polar surface area (TPSA) is 118 Å². The molecule has 0 radical (unpaired) electrons. The molecule has 2 N–H and O–H groups in total. The number of aryl methyl sites for hydroxylation is 1. The number of amides is 1. The summed E-state index contributed by atoms with van der Waals surface area (Å²) in [6.45, 7) is 7.76. The van der Waals surface area contributed by atoms with Crippen LogP contribution in [0.3, 0.4) is 0 Å². The molecule has 1 amide bonds. The van der Waals surface area contributed by atoms with Gasteiger partial charge in [0.2, 0.25) is 5.88 Å². The van der Waals surface area contributed by atoms with Crippen LogP contribution in [0.1, 0.15) is 30.1 Å². The smallest absolute Gasteiger partial charge is 0.259 e. The van der Waals surface area contributed by atoms with E-state index in [1.165, 1.54) is 7.11 Å². The molecule has 10 heteroatoms. The van der Waals surface area contributed by atoms with Crippen molar-refractivity contribution in [1.29, 1.82) is 0 Å². The largest absolute Gasteiger partial charge is 0.479 e. The number of rotatable bonds is 4. The number of nitrogens with one attached hydrogen (secondary N) is 2. The van der Waals surface area contributed by atoms with Crippen molar-refractivity contribution in [3.63, 3.8) is 0 Å². The monoisotopic (exact) mass is 447 g/mol. The highest BCUT2D eigenvalue weighted by molar-refractivity contribution is 6.13. The van der Waals surface area contributed by atoms with Gasteiger partial charge in [-0.2, -0.15) is 4.98 Å². The quantitative estimate of drug-likeness (QED) is 0.487. The Morgan fingerprint density at radius 1 is 1.12 bits per heavy atom. The molecule has 1 saturated heterocycles. The van der Waals surface area contributed by atoms with E-state index in [-0.39, 0.29) is 11.8 Å². The lowest BCUT2D eigenvalue weighted by Gasteiger charge is -2.38. The summed E-state index contributed by atoms with van der Waals surface area (Å²) < 4.78 is 10.9. The lowest BCUT2D eigenvalue weighted by Crippen LogP contribution is -2.54. The molecule has 1 aromatic carbocycles. The average molecular weight is 447 g/mol. The van der Waals surface area contributed by atoms with Crippen LogP contribution in [0.5, 0.6) is 5.88 Å². The summed E-state index contributed by atoms with van der Waals surface area (Å²) in [5, 5.41) is 6.37. The van der Waals surface area contributed by atoms with Gasteiger partial charge in [0.15, 0.2) is 17.0 Å². The van der Waals surface area contributed by atoms with Crippen molar-refractivity contribution in [2.45, 2.75) is 32.9 Å². The van der Waals surface area contributed by atoms with E-state index < -0.39 is 0 Å². The number of pyridine rings is 1. The number of oxazole rings is 1. The van der Waals surface area contributed by atoms with Crippen LogP contribution in [0, 0.1) is 6.92 Å². The molecule has 0 bridgehead atoms. The van der Waals surface area contributed by atoms with Crippen molar-refractivity contribution >= 4 is 39.5 Å². The van der Waals surface area contributed by atoms with Crippen LogP contribution in [0.2, 0.25) is 0 Å². The van der Waals surface area contributed by atoms with Gasteiger partial charge >= 0.3 is 0 Å². The summed E-state index contributed by atoms with van der Waals surface area (Å²) in [4.78, 5) is 33.2. The number of hydrogen-bond acceptors (Lipinski definition) is 9. The number of aromatic nitrogens is 4. The fourth-order valence-electron chi connectivity index (χ4n) is 4.41. The van der Waals surface area contributed by atoms with Crippen LogP contribution in [-0.4, -0.2) is 58.1 Å². The number of hydrogen-bond donors (Lipinski definition) is 2. The molecule has 1 aliphatic heterocycles. The third kappa shape index (κ3) is 3.93. The van der Waals surface area contributed by atoms with Crippen LogP contribution in [0.15, 0.2) is 35.0 Å². The van der Waals surface area contributed by atoms with Crippen molar-refractivity contribution < 1.29 is 13.9 Å². The van der Waals surface area contributed by atoms with Gasteiger partial charge in [-0.15, -0.1) is 0 Å². The van der Waals surface area contributed by atoms with Gasteiger partial charge in [0.25, 0.3) is 5.91 Å². The van der Waals surface area contributed by atoms with E-state index in [2.05, 4.69) is 49.3 Å². The Morgan fingerprint density at radius 3 is 2.58 bits per heavy atom. The summed E-state index contributed by atoms with van der Waals surface area (Å²) >= 11 is 0. The minimum Gasteiger partial charge on any atom is -0.479 e. The molecule has 4 heterocycles. The molecular formula is C23H25N7O3. The predicted octanol–water partition coefficient (Wildman–Crippen LogP) is 2.92. The third-order valence-corrected chi connectivity index (χ3v) is 5.63. The second kappa shape index (κ2) is 8.28. The molecule has 0 saturated carbocycles. The van der Waals surface area contributed by atoms with Crippen molar-refractivity contribution in [3.05, 3.63) is 42.0 Å². The second-order valence-corrected chi connectivity index (χ2v) is 8.31. The van der Waals surface area contributed by atoms with Gasteiger partial charge in [0, 0.05) is 50.6 Å². The first-order chi connectivity index (χ1) is 15.9. The number of piperazine rings is 1. The molecule has 1 fully saturated rings. The van der Waals surface area contributed by atoms with Crippen LogP contribution in [0.4, 0.5) is 11.5 Å². The highest BCUT2D eigenvalue weighted by Crippen LogP contribution is 2.30. The Bertz CT molecular complexity index is 1340. The molecule has 170 valence electrons. The molecule has 0 spiro atoms. The molecule has 33 heavy (non-hydrogen) atoms. The zero-order valence-corrected chi connectivity index (χ0v) is 18.9. The number of nitrogens with zero attached hydrogens (tertiary/aromatic N) is 5. The second-order valence-electron chi connectivity index (χ2n) is 8.31. The van der Waals surface area contributed by atoms with Crippen LogP contribution >= 0.6 is 0 Å². The minimum absolute atomic E-state index is 0.279. The summed E-state index contributed by atoms with van der Waals surface area (Å²) in [5.74, 6) is 0.717. The standard InChI is InChI=1S/C23H25N7O3/c1-12-10-30(11-13(2)26-12)16-6-5-15(19-20(16)25-8-7-24-19)22(31)28-18-9-17-21(23(29-18)32-4)27-14(3)33-17/h5-9,12-13,26H,10-11H2,1-4H3,(H,28,29,31)/t12-,13-/m1/s1. The van der Waals surface area contributed by atoms with E-state index >= 15 is 0 Å². The summed E-state index contributed by atoms with van der Waals surface area (Å²) in [7, 11) is 1.50. The molecule has 10 nitrogen and oxygen atoms in total. The maximum Gasteiger partial charge on any atom is 0.259 e. The van der Waals surface area contributed by atoms with Gasteiger partial charge in [-0.3, -0.25) is 14.8 Å². The molecule has 1 aliphatic rings. The normalized spacial score (nSPS) is 18.6. The summed E-state index contributed by atoms with van der Waals surface area (Å²) in [6.07, 6.45) is 3.24. The lowest BCUT2D eigenvalue weighted by molar-refractivity contribution is 0.102. The van der Waals surface area contributed by atoms with E-state index in [1.807, 2.05) is 6.07 Å². The number of fused-ring (bicyclic) bond motifs is 2. The Kier molecular flexibility index (Phi) is 5.29. The van der Waals surface area contributed by atoms with Crippen molar-refractivity contribution in [2.75, 3.05) is 30.4 Å². The van der Waals surface area contributed by atoms with E-state index in [1.54, 1.807) is 31.5 Å². The summed E-state index contributed by atoms with van der Waals surface area (Å²) in [6, 6.07) is 6.04. The van der Waals surface area contributed by atoms with Gasteiger partial charge in [0.05, 0.1) is 18.4 Å². The fraction of sp³-hybridized carbons (Fsp3) is 0.348. The number of methoxy groups -OCH3 is 1. The van der Waals surface area contributed by atoms with Crippen molar-refractivity contribution in [2.24, 2.45) is 0 Å². The van der Waals surface area contributed by atoms with Gasteiger partial charge in [-0.1, -0.05) is 0 Å². The first-order valence-corrected chi connectivity index (χ1v) is 10.8. The van der Waals surface area contributed by atoms with Crippen molar-refractivity contribution in [1.82, 2.24) is 25.3 Å². The fourth-order valence-corrected chi connectivity index (χ4v) is 4.41. The molecule has 3 aromatic heterocycles. The number of benzene rings is 1. The van der Waals surface area contributed by atoms with E-state index in [0.29, 0.717) is 51.5 Å². The zero-order chi connectivity index (χ0) is 23.1. The number of ether oxygens (including phenoxy) is 1. The SMILES string of the molecule is COc1nc(NC(=O)c2ccc(N3C[C@@H](C)N[C@H](C)C3)c3nccnc23)cc2oc(C)nc12. The van der Waals surface area contributed by atoms with E-state index in [4.69, 9.17) is 9.15 Å². The Labute approximate surface area is 190 Å².